The molecule has 0 saturated heterocycles. The van der Waals surface area contributed by atoms with Crippen molar-refractivity contribution in [1.29, 1.82) is 0 Å². The van der Waals surface area contributed by atoms with Gasteiger partial charge in [-0.2, -0.15) is 0 Å². The lowest BCUT2D eigenvalue weighted by molar-refractivity contribution is -0.254. The Bertz CT molecular complexity index is 2430. The van der Waals surface area contributed by atoms with E-state index in [1.807, 2.05) is 78.6 Å². The fourth-order valence-corrected chi connectivity index (χ4v) is 10.3. The number of carbonyl (C=O) groups excluding carboxylic acids is 1. The number of unbranched alkanes of at least 4 members (excludes halogenated alkanes) is 2. The highest BCUT2D eigenvalue weighted by Gasteiger charge is 2.65. The summed E-state index contributed by atoms with van der Waals surface area (Å²) in [6.45, 7) is 9.39. The van der Waals surface area contributed by atoms with Gasteiger partial charge in [-0.3, -0.25) is 4.79 Å². The predicted octanol–water partition coefficient (Wildman–Crippen LogP) is 11.0. The first-order valence-electron chi connectivity index (χ1n) is 22.6. The molecule has 1 amide bonds. The molecule has 324 valence electrons. The van der Waals surface area contributed by atoms with E-state index in [2.05, 4.69) is 56.0 Å². The van der Waals surface area contributed by atoms with Gasteiger partial charge in [-0.05, 0) is 120 Å². The van der Waals surface area contributed by atoms with Crippen molar-refractivity contribution in [3.05, 3.63) is 139 Å². The van der Waals surface area contributed by atoms with Gasteiger partial charge in [0.05, 0.1) is 18.2 Å². The summed E-state index contributed by atoms with van der Waals surface area (Å²) in [5.41, 5.74) is 3.40. The molecule has 8 rings (SSSR count). The van der Waals surface area contributed by atoms with Gasteiger partial charge in [0.1, 0.15) is 29.9 Å². The second-order valence-electron chi connectivity index (χ2n) is 16.9. The third kappa shape index (κ3) is 8.63. The van der Waals surface area contributed by atoms with Crippen LogP contribution in [-0.2, 0) is 9.57 Å². The second kappa shape index (κ2) is 19.7. The number of carbonyl (C=O) groups is 1. The van der Waals surface area contributed by atoms with Crippen molar-refractivity contribution in [2.75, 3.05) is 33.0 Å². The molecule has 1 heterocycles. The number of oxime groups is 1. The van der Waals surface area contributed by atoms with Gasteiger partial charge < -0.3 is 34.2 Å². The number of rotatable bonds is 19. The van der Waals surface area contributed by atoms with E-state index in [-0.39, 0.29) is 43.5 Å². The lowest BCUT2D eigenvalue weighted by atomic mass is 9.55. The van der Waals surface area contributed by atoms with Crippen molar-refractivity contribution < 1.29 is 34.1 Å². The maximum absolute atomic E-state index is 15.2. The lowest BCUT2D eigenvalue weighted by Gasteiger charge is -2.60. The third-order valence-electron chi connectivity index (χ3n) is 13.0. The van der Waals surface area contributed by atoms with Crippen LogP contribution in [0.15, 0.2) is 133 Å². The van der Waals surface area contributed by atoms with Crippen LogP contribution < -0.4 is 9.47 Å². The van der Waals surface area contributed by atoms with Crippen LogP contribution in [0.5, 0.6) is 17.2 Å². The summed E-state index contributed by atoms with van der Waals surface area (Å²) in [4.78, 5) is 23.1. The highest BCUT2D eigenvalue weighted by Crippen LogP contribution is 2.62. The Morgan fingerprint density at radius 1 is 0.855 bits per heavy atom. The summed E-state index contributed by atoms with van der Waals surface area (Å²) >= 11 is 0. The number of hydrogen-bond acceptors (Lipinski definition) is 8. The third-order valence-corrected chi connectivity index (χ3v) is 13.0. The Labute approximate surface area is 365 Å². The molecule has 2 N–H and O–H groups in total. The number of fused-ring (bicyclic) bond motifs is 4. The molecule has 6 atom stereocenters. The highest BCUT2D eigenvalue weighted by atomic mass is 16.7. The van der Waals surface area contributed by atoms with Gasteiger partial charge >= 0.3 is 0 Å². The first-order valence-corrected chi connectivity index (χ1v) is 22.6. The minimum absolute atomic E-state index is 0.0992. The van der Waals surface area contributed by atoms with Gasteiger partial charge in [0.2, 0.25) is 5.79 Å². The molecular weight excluding hydrogens is 777 g/mol. The average molecular weight is 837 g/mol. The molecule has 3 aliphatic rings. The van der Waals surface area contributed by atoms with Crippen LogP contribution in [0.25, 0.3) is 21.5 Å². The largest absolute Gasteiger partial charge is 0.459 e. The van der Waals surface area contributed by atoms with E-state index in [1.54, 1.807) is 6.08 Å². The number of aliphatic hydroxyl groups is 2. The molecule has 9 heteroatoms. The Balaban J connectivity index is 1.32. The van der Waals surface area contributed by atoms with E-state index in [9.17, 15) is 10.2 Å². The zero-order valence-corrected chi connectivity index (χ0v) is 36.1. The van der Waals surface area contributed by atoms with E-state index in [0.29, 0.717) is 55.9 Å². The number of hydrogen-bond donors (Lipinski definition) is 2. The van der Waals surface area contributed by atoms with Gasteiger partial charge in [0, 0.05) is 43.2 Å². The quantitative estimate of drug-likeness (QED) is 0.0484. The Kier molecular flexibility index (Phi) is 13.7. The molecule has 0 aromatic heterocycles. The molecule has 1 aliphatic heterocycles. The van der Waals surface area contributed by atoms with E-state index in [0.717, 1.165) is 69.8 Å². The molecule has 0 spiro atoms. The van der Waals surface area contributed by atoms with E-state index in [4.69, 9.17) is 24.2 Å². The van der Waals surface area contributed by atoms with Crippen LogP contribution in [0.4, 0.5) is 0 Å². The molecule has 6 unspecified atom stereocenters. The summed E-state index contributed by atoms with van der Waals surface area (Å²) in [5, 5.41) is 29.1. The van der Waals surface area contributed by atoms with E-state index < -0.39 is 17.7 Å². The Hall–Kier alpha value is -5.48. The van der Waals surface area contributed by atoms with Crippen molar-refractivity contribution in [3.8, 4) is 17.2 Å². The van der Waals surface area contributed by atoms with Crippen molar-refractivity contribution in [2.45, 2.75) is 83.0 Å². The molecule has 9 nitrogen and oxygen atoms in total. The number of benzene rings is 5. The molecule has 1 saturated carbocycles. The standard InChI is InChI=1S/C53H60N2O7/c1-4-27-55(52(58)41-22-21-36-15-7-9-17-38(36)31-41)49-35-47(54-60-6-3)45-33-40(19-11-13-28-56)44(20-12-14-29-57)50-46-34-43(61-42-24-23-37-16-8-10-18-39(37)32-42)25-26-48(46)62-53(49,51(45)50)59-30-5-2/h5,7-10,15-18,21-26,31-34,40,44,49-51,56-57H,2,4,6,11-14,19-20,27-30,35H2,1,3H3. The van der Waals surface area contributed by atoms with Crippen molar-refractivity contribution in [2.24, 2.45) is 22.9 Å². The molecule has 2 aliphatic carbocycles. The number of nitrogens with zero attached hydrogens (tertiary/aromatic N) is 2. The summed E-state index contributed by atoms with van der Waals surface area (Å²) in [5.74, 6) is 0.344. The highest BCUT2D eigenvalue weighted by molar-refractivity contribution is 6.04. The number of ether oxygens (including phenoxy) is 3. The van der Waals surface area contributed by atoms with E-state index >= 15 is 4.79 Å². The Morgan fingerprint density at radius 2 is 1.53 bits per heavy atom. The van der Waals surface area contributed by atoms with Gasteiger partial charge in [-0.25, -0.2) is 0 Å². The van der Waals surface area contributed by atoms with Crippen LogP contribution in [-0.4, -0.2) is 71.5 Å². The molecular formula is C53H60N2O7. The topological polar surface area (TPSA) is 110 Å². The molecule has 5 aromatic carbocycles. The van der Waals surface area contributed by atoms with Crippen LogP contribution in [0.1, 0.15) is 87.1 Å². The maximum Gasteiger partial charge on any atom is 0.254 e. The number of aliphatic hydroxyl groups excluding tert-OH is 2. The minimum Gasteiger partial charge on any atom is -0.459 e. The first kappa shape index (κ1) is 43.2. The zero-order valence-electron chi connectivity index (χ0n) is 36.1. The Morgan fingerprint density at radius 3 is 2.24 bits per heavy atom. The molecule has 0 radical (unpaired) electrons. The molecule has 5 aromatic rings. The first-order chi connectivity index (χ1) is 30.4. The van der Waals surface area contributed by atoms with Crippen LogP contribution in [0.2, 0.25) is 0 Å². The summed E-state index contributed by atoms with van der Waals surface area (Å²) in [6, 6.07) is 33.9. The fourth-order valence-electron chi connectivity index (χ4n) is 10.3. The fraction of sp³-hybridized carbons (Fsp3) is 0.396. The second-order valence-corrected chi connectivity index (χ2v) is 16.9. The SMILES string of the molecule is C=CCOC12Oc3ccc(Oc4ccc5ccccc5c4)cc3C3C(CCCCO)C(CCCCO)C=C(C(=NOCC)CC1N(CCC)C(=O)c1ccc4ccccc4c1)C32. The molecule has 62 heavy (non-hydrogen) atoms. The van der Waals surface area contributed by atoms with Crippen molar-refractivity contribution >= 4 is 33.2 Å². The number of amides is 1. The van der Waals surface area contributed by atoms with Crippen LogP contribution in [0.3, 0.4) is 0 Å². The summed E-state index contributed by atoms with van der Waals surface area (Å²) < 4.78 is 21.3. The monoisotopic (exact) mass is 836 g/mol. The minimum atomic E-state index is -1.34. The number of allylic oxidation sites excluding steroid dienone is 1. The van der Waals surface area contributed by atoms with Gasteiger partial charge in [-0.15, -0.1) is 6.58 Å². The van der Waals surface area contributed by atoms with E-state index in [1.165, 1.54) is 0 Å². The van der Waals surface area contributed by atoms with Crippen LogP contribution in [0, 0.1) is 17.8 Å². The summed E-state index contributed by atoms with van der Waals surface area (Å²) in [6.07, 6.45) is 9.99. The smallest absolute Gasteiger partial charge is 0.254 e. The molecule has 1 fully saturated rings. The van der Waals surface area contributed by atoms with Crippen LogP contribution >= 0.6 is 0 Å². The lowest BCUT2D eigenvalue weighted by Crippen LogP contribution is -2.70. The van der Waals surface area contributed by atoms with Crippen molar-refractivity contribution in [3.63, 3.8) is 0 Å². The average Bonchev–Trinajstić information content (AvgIpc) is 3.30. The predicted molar refractivity (Wildman–Crippen MR) is 246 cm³/mol. The van der Waals surface area contributed by atoms with Gasteiger partial charge in [0.25, 0.3) is 5.91 Å². The maximum atomic E-state index is 15.2. The van der Waals surface area contributed by atoms with Gasteiger partial charge in [0.15, 0.2) is 0 Å². The normalized spacial score (nSPS) is 23.3. The summed E-state index contributed by atoms with van der Waals surface area (Å²) in [7, 11) is 0. The molecule has 0 bridgehead atoms. The van der Waals surface area contributed by atoms with Gasteiger partial charge in [-0.1, -0.05) is 97.7 Å². The van der Waals surface area contributed by atoms with Crippen molar-refractivity contribution in [1.82, 2.24) is 4.90 Å². The zero-order chi connectivity index (χ0) is 43.1.